The standard InChI is InChI=1S/C16H20FNO/c17-14-8-3-2-7-13(14)16(9-6-10-16)15(19)18-11-4-1-5-12-18/h2-3,7-8H,1,4-6,9-12H2. The van der Waals surface area contributed by atoms with Crippen LogP contribution < -0.4 is 0 Å². The first-order valence-electron chi connectivity index (χ1n) is 7.28. The maximum Gasteiger partial charge on any atom is 0.233 e. The fourth-order valence-electron chi connectivity index (χ4n) is 3.38. The van der Waals surface area contributed by atoms with Crippen molar-refractivity contribution in [3.05, 3.63) is 35.6 Å². The van der Waals surface area contributed by atoms with E-state index in [1.54, 1.807) is 12.1 Å². The number of carbonyl (C=O) groups excluding carboxylic acids is 1. The number of hydrogen-bond donors (Lipinski definition) is 0. The van der Waals surface area contributed by atoms with Crippen molar-refractivity contribution in [2.24, 2.45) is 0 Å². The third-order valence-corrected chi connectivity index (χ3v) is 4.65. The molecule has 102 valence electrons. The Kier molecular flexibility index (Phi) is 3.29. The molecule has 2 aliphatic rings. The van der Waals surface area contributed by atoms with Gasteiger partial charge in [-0.05, 0) is 38.2 Å². The highest BCUT2D eigenvalue weighted by Gasteiger charge is 2.49. The van der Waals surface area contributed by atoms with Gasteiger partial charge < -0.3 is 4.90 Å². The summed E-state index contributed by atoms with van der Waals surface area (Å²) < 4.78 is 14.1. The van der Waals surface area contributed by atoms with Crippen molar-refractivity contribution in [2.45, 2.75) is 43.9 Å². The highest BCUT2D eigenvalue weighted by molar-refractivity contribution is 5.89. The molecule has 1 saturated heterocycles. The Morgan fingerprint density at radius 1 is 1.05 bits per heavy atom. The van der Waals surface area contributed by atoms with Crippen molar-refractivity contribution in [1.29, 1.82) is 0 Å². The summed E-state index contributed by atoms with van der Waals surface area (Å²) in [6, 6.07) is 6.79. The molecule has 19 heavy (non-hydrogen) atoms. The molecular formula is C16H20FNO. The van der Waals surface area contributed by atoms with Gasteiger partial charge in [0.1, 0.15) is 5.82 Å². The highest BCUT2D eigenvalue weighted by Crippen LogP contribution is 2.46. The predicted molar refractivity (Wildman–Crippen MR) is 72.4 cm³/mol. The lowest BCUT2D eigenvalue weighted by atomic mass is 9.63. The summed E-state index contributed by atoms with van der Waals surface area (Å²) in [6.45, 7) is 1.68. The molecule has 1 saturated carbocycles. The number of piperidine rings is 1. The van der Waals surface area contributed by atoms with Crippen LogP contribution in [0.15, 0.2) is 24.3 Å². The molecule has 3 heteroatoms. The number of likely N-dealkylation sites (tertiary alicyclic amines) is 1. The van der Waals surface area contributed by atoms with Crippen molar-refractivity contribution in [3.63, 3.8) is 0 Å². The first kappa shape index (κ1) is 12.6. The summed E-state index contributed by atoms with van der Waals surface area (Å²) in [5.74, 6) is -0.0730. The Morgan fingerprint density at radius 3 is 2.32 bits per heavy atom. The van der Waals surface area contributed by atoms with Crippen molar-refractivity contribution < 1.29 is 9.18 Å². The molecule has 1 aromatic carbocycles. The van der Waals surface area contributed by atoms with Gasteiger partial charge in [0.05, 0.1) is 5.41 Å². The molecule has 0 radical (unpaired) electrons. The zero-order chi connectivity index (χ0) is 13.3. The number of amides is 1. The van der Waals surface area contributed by atoms with Crippen LogP contribution in [0.3, 0.4) is 0 Å². The van der Waals surface area contributed by atoms with Crippen LogP contribution in [-0.2, 0) is 10.2 Å². The minimum atomic E-state index is -0.567. The highest BCUT2D eigenvalue weighted by atomic mass is 19.1. The topological polar surface area (TPSA) is 20.3 Å². The van der Waals surface area contributed by atoms with Gasteiger partial charge in [0, 0.05) is 18.7 Å². The van der Waals surface area contributed by atoms with Gasteiger partial charge in [-0.15, -0.1) is 0 Å². The third kappa shape index (κ3) is 2.05. The van der Waals surface area contributed by atoms with Crippen LogP contribution in [0.25, 0.3) is 0 Å². The number of halogens is 1. The van der Waals surface area contributed by atoms with Gasteiger partial charge in [-0.1, -0.05) is 24.6 Å². The van der Waals surface area contributed by atoms with Gasteiger partial charge in [-0.2, -0.15) is 0 Å². The van der Waals surface area contributed by atoms with E-state index < -0.39 is 5.41 Å². The number of rotatable bonds is 2. The minimum absolute atomic E-state index is 0.156. The molecule has 2 fully saturated rings. The zero-order valence-corrected chi connectivity index (χ0v) is 11.2. The molecule has 0 atom stereocenters. The molecule has 1 aliphatic heterocycles. The Balaban J connectivity index is 1.90. The molecule has 0 N–H and O–H groups in total. The van der Waals surface area contributed by atoms with Crippen LogP contribution in [0, 0.1) is 5.82 Å². The van der Waals surface area contributed by atoms with E-state index in [1.807, 2.05) is 11.0 Å². The summed E-state index contributed by atoms with van der Waals surface area (Å²) in [6.07, 6.45) is 5.98. The van der Waals surface area contributed by atoms with E-state index in [4.69, 9.17) is 0 Å². The Hall–Kier alpha value is -1.38. The van der Waals surface area contributed by atoms with E-state index in [2.05, 4.69) is 0 Å². The molecule has 0 aromatic heterocycles. The van der Waals surface area contributed by atoms with Crippen LogP contribution in [0.5, 0.6) is 0 Å². The number of nitrogens with zero attached hydrogens (tertiary/aromatic N) is 1. The van der Waals surface area contributed by atoms with Gasteiger partial charge in [0.15, 0.2) is 0 Å². The predicted octanol–water partition coefficient (Wildman–Crippen LogP) is 3.26. The molecule has 1 aromatic rings. The molecule has 1 aliphatic carbocycles. The SMILES string of the molecule is O=C(N1CCCCC1)C1(c2ccccc2F)CCC1. The van der Waals surface area contributed by atoms with Crippen molar-refractivity contribution in [3.8, 4) is 0 Å². The van der Waals surface area contributed by atoms with Crippen molar-refractivity contribution >= 4 is 5.91 Å². The molecule has 1 heterocycles. The lowest BCUT2D eigenvalue weighted by Crippen LogP contribution is -2.52. The average molecular weight is 261 g/mol. The quantitative estimate of drug-likeness (QED) is 0.800. The van der Waals surface area contributed by atoms with E-state index in [-0.39, 0.29) is 11.7 Å². The van der Waals surface area contributed by atoms with Crippen LogP contribution in [0.1, 0.15) is 44.1 Å². The lowest BCUT2D eigenvalue weighted by Gasteiger charge is -2.45. The van der Waals surface area contributed by atoms with Gasteiger partial charge >= 0.3 is 0 Å². The smallest absolute Gasteiger partial charge is 0.233 e. The number of hydrogen-bond acceptors (Lipinski definition) is 1. The monoisotopic (exact) mass is 261 g/mol. The fourth-order valence-corrected chi connectivity index (χ4v) is 3.38. The third-order valence-electron chi connectivity index (χ3n) is 4.65. The summed E-state index contributed by atoms with van der Waals surface area (Å²) in [5, 5.41) is 0. The van der Waals surface area contributed by atoms with E-state index in [0.717, 1.165) is 45.2 Å². The van der Waals surface area contributed by atoms with Gasteiger partial charge in [-0.3, -0.25) is 4.79 Å². The van der Waals surface area contributed by atoms with E-state index in [1.165, 1.54) is 12.5 Å². The van der Waals surface area contributed by atoms with Crippen LogP contribution >= 0.6 is 0 Å². The Bertz CT molecular complexity index is 475. The maximum absolute atomic E-state index is 14.1. The van der Waals surface area contributed by atoms with Crippen molar-refractivity contribution in [1.82, 2.24) is 4.90 Å². The molecular weight excluding hydrogens is 241 g/mol. The molecule has 2 nitrogen and oxygen atoms in total. The van der Waals surface area contributed by atoms with Gasteiger partial charge in [0.2, 0.25) is 5.91 Å². The van der Waals surface area contributed by atoms with Crippen LogP contribution in [-0.4, -0.2) is 23.9 Å². The van der Waals surface area contributed by atoms with Gasteiger partial charge in [-0.25, -0.2) is 4.39 Å². The fraction of sp³-hybridized carbons (Fsp3) is 0.562. The second-order valence-electron chi connectivity index (χ2n) is 5.77. The zero-order valence-electron chi connectivity index (χ0n) is 11.2. The second kappa shape index (κ2) is 4.95. The molecule has 1 amide bonds. The average Bonchev–Trinajstić information content (AvgIpc) is 2.40. The first-order valence-corrected chi connectivity index (χ1v) is 7.28. The van der Waals surface area contributed by atoms with Gasteiger partial charge in [0.25, 0.3) is 0 Å². The normalized spacial score (nSPS) is 21.8. The van der Waals surface area contributed by atoms with E-state index >= 15 is 0 Å². The second-order valence-corrected chi connectivity index (χ2v) is 5.77. The lowest BCUT2D eigenvalue weighted by molar-refractivity contribution is -0.142. The largest absolute Gasteiger partial charge is 0.342 e. The first-order chi connectivity index (χ1) is 9.24. The number of benzene rings is 1. The molecule has 3 rings (SSSR count). The summed E-state index contributed by atoms with van der Waals surface area (Å²) in [7, 11) is 0. The molecule has 0 spiro atoms. The summed E-state index contributed by atoms with van der Waals surface area (Å²) >= 11 is 0. The van der Waals surface area contributed by atoms with E-state index in [9.17, 15) is 9.18 Å². The summed E-state index contributed by atoms with van der Waals surface area (Å²) in [4.78, 5) is 14.8. The van der Waals surface area contributed by atoms with Crippen molar-refractivity contribution in [2.75, 3.05) is 13.1 Å². The van der Waals surface area contributed by atoms with Crippen LogP contribution in [0.4, 0.5) is 4.39 Å². The minimum Gasteiger partial charge on any atom is -0.342 e. The molecule has 0 unspecified atom stereocenters. The number of carbonyl (C=O) groups is 1. The Labute approximate surface area is 113 Å². The van der Waals surface area contributed by atoms with Crippen LogP contribution in [0.2, 0.25) is 0 Å². The molecule has 0 bridgehead atoms. The van der Waals surface area contributed by atoms with E-state index in [0.29, 0.717) is 5.56 Å². The Morgan fingerprint density at radius 2 is 1.74 bits per heavy atom. The summed E-state index contributed by atoms with van der Waals surface area (Å²) in [5.41, 5.74) is 0.0414. The maximum atomic E-state index is 14.1.